The van der Waals surface area contributed by atoms with E-state index < -0.39 is 0 Å². The minimum Gasteiger partial charge on any atom is -0.508 e. The topological polar surface area (TPSA) is 41.5 Å². The summed E-state index contributed by atoms with van der Waals surface area (Å²) in [4.78, 5) is 0. The third kappa shape index (κ3) is 2.72. The van der Waals surface area contributed by atoms with Crippen molar-refractivity contribution in [1.82, 2.24) is 5.32 Å². The normalized spacial score (nSPS) is 24.4. The quantitative estimate of drug-likeness (QED) is 0.824. The van der Waals surface area contributed by atoms with Gasteiger partial charge in [-0.05, 0) is 37.5 Å². The number of ether oxygens (including phenoxy) is 1. The predicted molar refractivity (Wildman–Crippen MR) is 68.4 cm³/mol. The van der Waals surface area contributed by atoms with Crippen LogP contribution in [0.1, 0.15) is 38.3 Å². The molecule has 3 atom stereocenters. The molecule has 2 N–H and O–H groups in total. The van der Waals surface area contributed by atoms with Crippen molar-refractivity contribution in [3.05, 3.63) is 23.8 Å². The molecule has 1 saturated carbocycles. The van der Waals surface area contributed by atoms with E-state index in [1.165, 1.54) is 12.8 Å². The molecule has 1 aromatic rings. The lowest BCUT2D eigenvalue weighted by Gasteiger charge is -2.16. The van der Waals surface area contributed by atoms with Crippen molar-refractivity contribution in [2.24, 2.45) is 5.92 Å². The van der Waals surface area contributed by atoms with Gasteiger partial charge in [0.1, 0.15) is 11.5 Å². The van der Waals surface area contributed by atoms with Crippen molar-refractivity contribution < 1.29 is 9.84 Å². The van der Waals surface area contributed by atoms with Crippen LogP contribution < -0.4 is 10.1 Å². The van der Waals surface area contributed by atoms with Crippen molar-refractivity contribution in [2.75, 3.05) is 7.11 Å². The SMILES string of the molecule is CCC1CC1NC(C)c1cc(OC)ccc1O. The molecule has 3 heteroatoms. The highest BCUT2D eigenvalue weighted by molar-refractivity contribution is 5.41. The second-order valence-electron chi connectivity index (χ2n) is 4.82. The lowest BCUT2D eigenvalue weighted by molar-refractivity contribution is 0.407. The molecule has 0 aromatic heterocycles. The number of hydrogen-bond donors (Lipinski definition) is 2. The first-order chi connectivity index (χ1) is 8.15. The van der Waals surface area contributed by atoms with Gasteiger partial charge < -0.3 is 15.2 Å². The summed E-state index contributed by atoms with van der Waals surface area (Å²) in [6, 6.07) is 6.14. The van der Waals surface area contributed by atoms with Gasteiger partial charge in [-0.1, -0.05) is 13.3 Å². The Labute approximate surface area is 103 Å². The molecule has 0 radical (unpaired) electrons. The molecule has 1 fully saturated rings. The highest BCUT2D eigenvalue weighted by Crippen LogP contribution is 2.36. The maximum Gasteiger partial charge on any atom is 0.120 e. The first-order valence-electron chi connectivity index (χ1n) is 6.28. The highest BCUT2D eigenvalue weighted by Gasteiger charge is 2.36. The summed E-state index contributed by atoms with van der Waals surface area (Å²) in [5.74, 6) is 1.93. The second-order valence-corrected chi connectivity index (χ2v) is 4.82. The van der Waals surface area contributed by atoms with Gasteiger partial charge in [0.2, 0.25) is 0 Å². The maximum atomic E-state index is 9.86. The predicted octanol–water partition coefficient (Wildman–Crippen LogP) is 2.85. The van der Waals surface area contributed by atoms with Gasteiger partial charge in [0.05, 0.1) is 7.11 Å². The Morgan fingerprint density at radius 1 is 1.53 bits per heavy atom. The first-order valence-corrected chi connectivity index (χ1v) is 6.28. The van der Waals surface area contributed by atoms with Crippen molar-refractivity contribution in [2.45, 2.75) is 38.8 Å². The lowest BCUT2D eigenvalue weighted by Crippen LogP contribution is -2.22. The lowest BCUT2D eigenvalue weighted by atomic mass is 10.1. The molecule has 2 rings (SSSR count). The van der Waals surface area contributed by atoms with E-state index in [1.54, 1.807) is 19.2 Å². The van der Waals surface area contributed by atoms with E-state index in [9.17, 15) is 5.11 Å². The van der Waals surface area contributed by atoms with Crippen LogP contribution in [0.4, 0.5) is 0 Å². The van der Waals surface area contributed by atoms with Crippen molar-refractivity contribution in [1.29, 1.82) is 0 Å². The van der Waals surface area contributed by atoms with E-state index in [0.717, 1.165) is 17.2 Å². The molecule has 17 heavy (non-hydrogen) atoms. The summed E-state index contributed by atoms with van der Waals surface area (Å²) < 4.78 is 5.18. The highest BCUT2D eigenvalue weighted by atomic mass is 16.5. The molecule has 0 aliphatic heterocycles. The van der Waals surface area contributed by atoms with Gasteiger partial charge in [-0.2, -0.15) is 0 Å². The number of rotatable bonds is 5. The molecule has 1 aliphatic rings. The smallest absolute Gasteiger partial charge is 0.120 e. The Kier molecular flexibility index (Phi) is 3.57. The van der Waals surface area contributed by atoms with E-state index in [4.69, 9.17) is 4.74 Å². The van der Waals surface area contributed by atoms with Crippen LogP contribution in [0.3, 0.4) is 0 Å². The molecule has 1 aliphatic carbocycles. The zero-order valence-electron chi connectivity index (χ0n) is 10.7. The fourth-order valence-corrected chi connectivity index (χ4v) is 2.32. The minimum absolute atomic E-state index is 0.159. The molecule has 3 nitrogen and oxygen atoms in total. The summed E-state index contributed by atoms with van der Waals surface area (Å²) in [7, 11) is 1.64. The van der Waals surface area contributed by atoms with Gasteiger partial charge in [0.25, 0.3) is 0 Å². The molecule has 0 saturated heterocycles. The molecule has 94 valence electrons. The molecular weight excluding hydrogens is 214 g/mol. The van der Waals surface area contributed by atoms with Crippen molar-refractivity contribution in [3.63, 3.8) is 0 Å². The number of phenols is 1. The Balaban J connectivity index is 2.05. The molecular formula is C14H21NO2. The summed E-state index contributed by atoms with van der Waals surface area (Å²) in [5.41, 5.74) is 0.908. The van der Waals surface area contributed by atoms with Crippen LogP contribution in [0.2, 0.25) is 0 Å². The molecule has 1 aromatic carbocycles. The molecule has 3 unspecified atom stereocenters. The van der Waals surface area contributed by atoms with Crippen LogP contribution in [-0.2, 0) is 0 Å². The summed E-state index contributed by atoms with van der Waals surface area (Å²) in [6.45, 7) is 4.31. The summed E-state index contributed by atoms with van der Waals surface area (Å²) in [5, 5.41) is 13.4. The van der Waals surface area contributed by atoms with E-state index in [1.807, 2.05) is 6.07 Å². The number of hydrogen-bond acceptors (Lipinski definition) is 3. The second kappa shape index (κ2) is 4.96. The van der Waals surface area contributed by atoms with Crippen LogP contribution in [0, 0.1) is 5.92 Å². The Bertz CT molecular complexity index is 392. The monoisotopic (exact) mass is 235 g/mol. The fourth-order valence-electron chi connectivity index (χ4n) is 2.32. The van der Waals surface area contributed by atoms with Crippen LogP contribution >= 0.6 is 0 Å². The average Bonchev–Trinajstić information content (AvgIpc) is 3.08. The van der Waals surface area contributed by atoms with Gasteiger partial charge in [-0.3, -0.25) is 0 Å². The number of phenolic OH excluding ortho intramolecular Hbond substituents is 1. The van der Waals surface area contributed by atoms with Gasteiger partial charge >= 0.3 is 0 Å². The van der Waals surface area contributed by atoms with Crippen molar-refractivity contribution in [3.8, 4) is 11.5 Å². The Morgan fingerprint density at radius 3 is 2.88 bits per heavy atom. The van der Waals surface area contributed by atoms with Gasteiger partial charge in [-0.15, -0.1) is 0 Å². The number of aromatic hydroxyl groups is 1. The molecule has 0 bridgehead atoms. The fraction of sp³-hybridized carbons (Fsp3) is 0.571. The molecule has 0 spiro atoms. The van der Waals surface area contributed by atoms with E-state index >= 15 is 0 Å². The standard InChI is InChI=1S/C14H21NO2/c1-4-10-7-13(10)15-9(2)12-8-11(17-3)5-6-14(12)16/h5-6,8-10,13,15-16H,4,7H2,1-3H3. The third-order valence-corrected chi connectivity index (χ3v) is 3.61. The third-order valence-electron chi connectivity index (χ3n) is 3.61. The number of nitrogens with one attached hydrogen (secondary N) is 1. The number of benzene rings is 1. The van der Waals surface area contributed by atoms with Crippen molar-refractivity contribution >= 4 is 0 Å². The summed E-state index contributed by atoms with van der Waals surface area (Å²) in [6.07, 6.45) is 2.49. The first kappa shape index (κ1) is 12.2. The largest absolute Gasteiger partial charge is 0.508 e. The maximum absolute atomic E-state index is 9.86. The van der Waals surface area contributed by atoms with Gasteiger partial charge in [-0.25, -0.2) is 0 Å². The van der Waals surface area contributed by atoms with Crippen LogP contribution in [0.15, 0.2) is 18.2 Å². The van der Waals surface area contributed by atoms with Crippen LogP contribution in [-0.4, -0.2) is 18.3 Å². The Morgan fingerprint density at radius 2 is 2.29 bits per heavy atom. The van der Waals surface area contributed by atoms with E-state index in [-0.39, 0.29) is 6.04 Å². The Hall–Kier alpha value is -1.22. The average molecular weight is 235 g/mol. The minimum atomic E-state index is 0.159. The van der Waals surface area contributed by atoms with Crippen LogP contribution in [0.25, 0.3) is 0 Å². The van der Waals surface area contributed by atoms with Crippen LogP contribution in [0.5, 0.6) is 11.5 Å². The van der Waals surface area contributed by atoms with E-state index in [0.29, 0.717) is 11.8 Å². The molecule has 0 heterocycles. The van der Waals surface area contributed by atoms with E-state index in [2.05, 4.69) is 19.2 Å². The zero-order valence-corrected chi connectivity index (χ0v) is 10.7. The van der Waals surface area contributed by atoms with Gasteiger partial charge in [0, 0.05) is 17.6 Å². The summed E-state index contributed by atoms with van der Waals surface area (Å²) >= 11 is 0. The van der Waals surface area contributed by atoms with Gasteiger partial charge in [0.15, 0.2) is 0 Å². The number of methoxy groups -OCH3 is 1. The zero-order chi connectivity index (χ0) is 12.4. The molecule has 0 amide bonds.